The van der Waals surface area contributed by atoms with Gasteiger partial charge in [0.2, 0.25) is 0 Å². The van der Waals surface area contributed by atoms with Crippen molar-refractivity contribution in [2.75, 3.05) is 17.2 Å². The Bertz CT molecular complexity index is 1190. The van der Waals surface area contributed by atoms with Gasteiger partial charge in [-0.05, 0) is 29.9 Å². The van der Waals surface area contributed by atoms with Gasteiger partial charge >= 0.3 is 5.97 Å². The van der Waals surface area contributed by atoms with Gasteiger partial charge in [-0.15, -0.1) is 23.1 Å². The first kappa shape index (κ1) is 23.1. The summed E-state index contributed by atoms with van der Waals surface area (Å²) in [6.45, 7) is 0. The first-order valence-electron chi connectivity index (χ1n) is 9.98. The lowest BCUT2D eigenvalue weighted by atomic mass is 10.0. The Kier molecular flexibility index (Phi) is 6.46. The van der Waals surface area contributed by atoms with Crippen molar-refractivity contribution in [2.45, 2.75) is 34.7 Å². The van der Waals surface area contributed by atoms with Crippen LogP contribution in [0, 0.1) is 0 Å². The minimum absolute atomic E-state index is 0.0341. The van der Waals surface area contributed by atoms with Crippen molar-refractivity contribution in [3.8, 4) is 0 Å². The summed E-state index contributed by atoms with van der Waals surface area (Å²) >= 11 is 5.13. The van der Waals surface area contributed by atoms with E-state index in [1.54, 1.807) is 5.38 Å². The number of nitrogen functional groups attached to an aromatic ring is 1. The predicted molar refractivity (Wildman–Crippen MR) is 127 cm³/mol. The van der Waals surface area contributed by atoms with Crippen LogP contribution in [0.4, 0.5) is 5.13 Å². The molecule has 0 spiro atoms. The molecule has 2 aliphatic heterocycles. The number of β-lactam (4-membered cyclic amide) rings is 1. The summed E-state index contributed by atoms with van der Waals surface area (Å²) in [4.78, 5) is 52.7. The lowest BCUT2D eigenvalue weighted by Gasteiger charge is -2.49. The van der Waals surface area contributed by atoms with E-state index in [2.05, 4.69) is 24.8 Å². The molecule has 0 bridgehead atoms. The van der Waals surface area contributed by atoms with Crippen molar-refractivity contribution >= 4 is 75.0 Å². The zero-order valence-electron chi connectivity index (χ0n) is 17.2. The molecule has 3 aliphatic rings. The first-order valence-corrected chi connectivity index (χ1v) is 13.7. The summed E-state index contributed by atoms with van der Waals surface area (Å²) in [6, 6.07) is -0.897. The number of rotatable bonds is 9. The van der Waals surface area contributed by atoms with E-state index >= 15 is 0 Å². The second-order valence-corrected chi connectivity index (χ2v) is 11.4. The van der Waals surface area contributed by atoms with Crippen LogP contribution in [0.15, 0.2) is 32.5 Å². The number of carbonyl (C=O) groups is 3. The van der Waals surface area contributed by atoms with Crippen molar-refractivity contribution in [3.05, 3.63) is 28.7 Å². The smallest absolute Gasteiger partial charge is 0.352 e. The molecule has 1 saturated carbocycles. The molecule has 4 N–H and O–H groups in total. The summed E-state index contributed by atoms with van der Waals surface area (Å²) in [5.41, 5.74) is 6.44. The van der Waals surface area contributed by atoms with E-state index in [1.807, 2.05) is 0 Å². The highest BCUT2D eigenvalue weighted by atomic mass is 32.2. The number of nitrogens with two attached hydrogens (primary N) is 1. The van der Waals surface area contributed by atoms with Crippen LogP contribution >= 0.6 is 46.4 Å². The van der Waals surface area contributed by atoms with Gasteiger partial charge < -0.3 is 21.0 Å². The Labute approximate surface area is 209 Å². The first-order chi connectivity index (χ1) is 16.4. The number of carboxylic acids is 1. The maximum atomic E-state index is 13.0. The van der Waals surface area contributed by atoms with E-state index < -0.39 is 29.2 Å². The fourth-order valence-electron chi connectivity index (χ4n) is 3.28. The van der Waals surface area contributed by atoms with Gasteiger partial charge in [0.1, 0.15) is 35.2 Å². The van der Waals surface area contributed by atoms with Crippen LogP contribution in [0.3, 0.4) is 0 Å². The number of nitrogens with zero attached hydrogens (tertiary/aromatic N) is 5. The van der Waals surface area contributed by atoms with Crippen molar-refractivity contribution < 1.29 is 24.3 Å². The third-order valence-electron chi connectivity index (χ3n) is 5.04. The minimum Gasteiger partial charge on any atom is -0.477 e. The molecule has 12 nitrogen and oxygen atoms in total. The molecule has 2 amide bonds. The van der Waals surface area contributed by atoms with Crippen LogP contribution in [-0.2, 0) is 19.2 Å². The number of aliphatic carboxylic acids is 1. The fraction of sp³-hybridized carbons (Fsp3) is 0.389. The van der Waals surface area contributed by atoms with Gasteiger partial charge in [-0.3, -0.25) is 14.5 Å². The quantitative estimate of drug-likeness (QED) is 0.179. The van der Waals surface area contributed by atoms with Crippen molar-refractivity contribution in [3.63, 3.8) is 0 Å². The van der Waals surface area contributed by atoms with E-state index in [1.165, 1.54) is 46.3 Å². The number of amides is 2. The molecule has 0 radical (unpaired) electrons. The van der Waals surface area contributed by atoms with Gasteiger partial charge in [0.05, 0.1) is 0 Å². The number of hydrogen-bond donors (Lipinski definition) is 3. The number of nitrogens with one attached hydrogen (secondary N) is 1. The van der Waals surface area contributed by atoms with Gasteiger partial charge in [0.25, 0.3) is 11.8 Å². The molecule has 16 heteroatoms. The number of aromatic nitrogens is 3. The molecule has 5 rings (SSSR count). The van der Waals surface area contributed by atoms with Crippen molar-refractivity contribution in [2.24, 2.45) is 5.16 Å². The van der Waals surface area contributed by atoms with Gasteiger partial charge in [0, 0.05) is 16.9 Å². The Morgan fingerprint density at radius 2 is 2.24 bits per heavy atom. The van der Waals surface area contributed by atoms with E-state index in [0.29, 0.717) is 21.4 Å². The molecule has 2 aromatic heterocycles. The second-order valence-electron chi connectivity index (χ2n) is 7.43. The number of anilines is 1. The number of fused-ring (bicyclic) bond motifs is 1. The standard InChI is InChI=1S/C18H17N7O5S4/c19-17-22-9(5-32-17)10(24-30-8-1-2-8)13(26)23-11-14(27)25-12(16(28)29)7(3-31-15(11)25)4-33-18-20-6-21-34-18/h5-6,8,11,15H,1-4H2,(H2,19,22)(H,23,26)(H,28,29)/b24-10+/t11-,15-/m1/s1. The maximum absolute atomic E-state index is 13.0. The molecule has 0 aromatic carbocycles. The highest BCUT2D eigenvalue weighted by molar-refractivity contribution is 8.01. The Morgan fingerprint density at radius 3 is 2.88 bits per heavy atom. The third kappa shape index (κ3) is 4.62. The predicted octanol–water partition coefficient (Wildman–Crippen LogP) is 0.991. The highest BCUT2D eigenvalue weighted by Gasteiger charge is 2.54. The maximum Gasteiger partial charge on any atom is 0.352 e. The molecule has 2 atom stereocenters. The molecule has 4 heterocycles. The number of carbonyl (C=O) groups excluding carboxylic acids is 2. The lowest BCUT2D eigenvalue weighted by Crippen LogP contribution is -2.71. The van der Waals surface area contributed by atoms with Crippen LogP contribution in [0.25, 0.3) is 0 Å². The molecule has 178 valence electrons. The van der Waals surface area contributed by atoms with E-state index in [4.69, 9.17) is 10.6 Å². The van der Waals surface area contributed by atoms with Gasteiger partial charge in [0.15, 0.2) is 15.2 Å². The zero-order valence-corrected chi connectivity index (χ0v) is 20.5. The van der Waals surface area contributed by atoms with E-state index in [-0.39, 0.29) is 28.3 Å². The van der Waals surface area contributed by atoms with Crippen LogP contribution in [0.1, 0.15) is 18.5 Å². The summed E-state index contributed by atoms with van der Waals surface area (Å²) in [5, 5.41) is 17.7. The lowest BCUT2D eigenvalue weighted by molar-refractivity contribution is -0.150. The number of carboxylic acid groups (broad SMARTS) is 1. The number of thioether (sulfide) groups is 2. The average Bonchev–Trinajstić information content (AvgIpc) is 3.30. The molecule has 34 heavy (non-hydrogen) atoms. The Hall–Kier alpha value is -2.69. The van der Waals surface area contributed by atoms with Crippen LogP contribution in [0.2, 0.25) is 0 Å². The molecule has 2 aromatic rings. The SMILES string of the molecule is Nc1nc(/C(=N\OC2CC2)C(=O)N[C@@H]2C(=O)N3C(C(=O)O)=C(CSc4ncns4)CS[C@H]23)cs1. The third-order valence-corrected chi connectivity index (χ3v) is 8.94. The summed E-state index contributed by atoms with van der Waals surface area (Å²) in [5.74, 6) is -1.54. The number of thiazole rings is 1. The largest absolute Gasteiger partial charge is 0.477 e. The highest BCUT2D eigenvalue weighted by Crippen LogP contribution is 2.41. The normalized spacial score (nSPS) is 22.3. The average molecular weight is 540 g/mol. The van der Waals surface area contributed by atoms with Crippen LogP contribution in [-0.4, -0.2) is 76.9 Å². The van der Waals surface area contributed by atoms with Crippen molar-refractivity contribution in [1.82, 2.24) is 24.6 Å². The number of hydrogen-bond acceptors (Lipinski definition) is 13. The topological polar surface area (TPSA) is 173 Å². The zero-order chi connectivity index (χ0) is 23.8. The molecular formula is C18H17N7O5S4. The summed E-state index contributed by atoms with van der Waals surface area (Å²) in [7, 11) is 0. The Balaban J connectivity index is 1.31. The van der Waals surface area contributed by atoms with Crippen LogP contribution < -0.4 is 11.1 Å². The van der Waals surface area contributed by atoms with Crippen LogP contribution in [0.5, 0.6) is 0 Å². The van der Waals surface area contributed by atoms with E-state index in [9.17, 15) is 19.5 Å². The second kappa shape index (κ2) is 9.52. The van der Waals surface area contributed by atoms with Gasteiger partial charge in [-0.1, -0.05) is 16.9 Å². The van der Waals surface area contributed by atoms with Gasteiger partial charge in [-0.2, -0.15) is 4.37 Å². The monoisotopic (exact) mass is 539 g/mol. The minimum atomic E-state index is -1.19. The molecule has 1 aliphatic carbocycles. The summed E-state index contributed by atoms with van der Waals surface area (Å²) < 4.78 is 4.64. The van der Waals surface area contributed by atoms with E-state index in [0.717, 1.165) is 24.2 Å². The fourth-order valence-corrected chi connectivity index (χ4v) is 6.76. The van der Waals surface area contributed by atoms with Crippen molar-refractivity contribution in [1.29, 1.82) is 0 Å². The molecule has 1 saturated heterocycles. The number of oxime groups is 1. The molecule has 2 fully saturated rings. The molecular weight excluding hydrogens is 523 g/mol. The van der Waals surface area contributed by atoms with Gasteiger partial charge in [-0.25, -0.2) is 14.8 Å². The molecule has 0 unspecified atom stereocenters. The summed E-state index contributed by atoms with van der Waals surface area (Å²) in [6.07, 6.45) is 3.12. The Morgan fingerprint density at radius 1 is 1.41 bits per heavy atom.